The molecule has 18 heavy (non-hydrogen) atoms. The maximum atomic E-state index is 10.9. The molecule has 6 nitrogen and oxygen atoms in total. The van der Waals surface area contributed by atoms with Crippen LogP contribution in [-0.4, -0.2) is 31.3 Å². The maximum absolute atomic E-state index is 10.9. The third-order valence-electron chi connectivity index (χ3n) is 2.49. The minimum atomic E-state index is -0.893. The monoisotopic (exact) mass is 310 g/mol. The van der Waals surface area contributed by atoms with E-state index in [0.29, 0.717) is 5.82 Å². The molecule has 2 rings (SSSR count). The Labute approximate surface area is 112 Å². The van der Waals surface area contributed by atoms with Crippen LogP contribution in [0, 0.1) is 0 Å². The highest BCUT2D eigenvalue weighted by Crippen LogP contribution is 2.26. The lowest BCUT2D eigenvalue weighted by Gasteiger charge is -2.11. The van der Waals surface area contributed by atoms with Gasteiger partial charge in [-0.05, 0) is 22.9 Å². The number of rotatable bonds is 4. The minimum Gasteiger partial charge on any atom is -0.481 e. The molecular formula is C11H11BrN4O2. The fraction of sp³-hybridized carbons (Fsp3) is 0.273. The topological polar surface area (TPSA) is 80.9 Å². The summed E-state index contributed by atoms with van der Waals surface area (Å²) >= 11 is 3.34. The Hall–Kier alpha value is -1.76. The lowest BCUT2D eigenvalue weighted by molar-refractivity contribution is -0.137. The van der Waals surface area contributed by atoms with Crippen molar-refractivity contribution in [2.45, 2.75) is 12.3 Å². The number of aromatic nitrogens is 4. The first kappa shape index (κ1) is 12.7. The Morgan fingerprint density at radius 1 is 1.44 bits per heavy atom. The zero-order valence-corrected chi connectivity index (χ0v) is 11.2. The van der Waals surface area contributed by atoms with E-state index >= 15 is 0 Å². The molecule has 1 aromatic heterocycles. The molecule has 0 aliphatic carbocycles. The number of hydrogen-bond donors (Lipinski definition) is 1. The van der Waals surface area contributed by atoms with Gasteiger partial charge in [-0.1, -0.05) is 28.1 Å². The van der Waals surface area contributed by atoms with Crippen molar-refractivity contribution in [3.05, 3.63) is 40.1 Å². The highest BCUT2D eigenvalue weighted by Gasteiger charge is 2.22. The van der Waals surface area contributed by atoms with E-state index in [0.717, 1.165) is 10.0 Å². The summed E-state index contributed by atoms with van der Waals surface area (Å²) in [7, 11) is 1.65. The van der Waals surface area contributed by atoms with Gasteiger partial charge in [-0.15, -0.1) is 10.2 Å². The lowest BCUT2D eigenvalue weighted by atomic mass is 9.95. The van der Waals surface area contributed by atoms with Crippen LogP contribution in [0.15, 0.2) is 28.7 Å². The average Bonchev–Trinajstić information content (AvgIpc) is 2.74. The van der Waals surface area contributed by atoms with Gasteiger partial charge in [0.2, 0.25) is 0 Å². The van der Waals surface area contributed by atoms with E-state index < -0.39 is 5.97 Å². The SMILES string of the molecule is Cn1nnc(C(CC(=O)O)c2ccc(Br)cc2)n1. The van der Waals surface area contributed by atoms with Crippen LogP contribution in [0.4, 0.5) is 0 Å². The lowest BCUT2D eigenvalue weighted by Crippen LogP contribution is -2.10. The summed E-state index contributed by atoms with van der Waals surface area (Å²) in [5.41, 5.74) is 0.855. The van der Waals surface area contributed by atoms with Gasteiger partial charge in [-0.2, -0.15) is 4.80 Å². The second-order valence-electron chi connectivity index (χ2n) is 3.84. The van der Waals surface area contributed by atoms with Crippen LogP contribution in [0.3, 0.4) is 0 Å². The third-order valence-corrected chi connectivity index (χ3v) is 3.02. The van der Waals surface area contributed by atoms with Crippen molar-refractivity contribution in [3.63, 3.8) is 0 Å². The smallest absolute Gasteiger partial charge is 0.304 e. The second kappa shape index (κ2) is 5.26. The van der Waals surface area contributed by atoms with Crippen LogP contribution in [0.25, 0.3) is 0 Å². The Morgan fingerprint density at radius 2 is 2.11 bits per heavy atom. The maximum Gasteiger partial charge on any atom is 0.304 e. The van der Waals surface area contributed by atoms with Crippen LogP contribution in [0.2, 0.25) is 0 Å². The Kier molecular flexibility index (Phi) is 3.71. The van der Waals surface area contributed by atoms with Crippen molar-refractivity contribution in [3.8, 4) is 0 Å². The number of aliphatic carboxylic acids is 1. The van der Waals surface area contributed by atoms with E-state index in [9.17, 15) is 4.79 Å². The zero-order chi connectivity index (χ0) is 13.1. The Bertz CT molecular complexity index is 552. The molecule has 0 aliphatic heterocycles. The van der Waals surface area contributed by atoms with Crippen molar-refractivity contribution < 1.29 is 9.90 Å². The Morgan fingerprint density at radius 3 is 2.61 bits per heavy atom. The molecule has 0 radical (unpaired) electrons. The standard InChI is InChI=1S/C11H11BrN4O2/c1-16-14-11(13-15-16)9(6-10(17)18)7-2-4-8(12)5-3-7/h2-5,9H,6H2,1H3,(H,17,18). The second-order valence-corrected chi connectivity index (χ2v) is 4.75. The fourth-order valence-electron chi connectivity index (χ4n) is 1.67. The number of tetrazole rings is 1. The van der Waals surface area contributed by atoms with E-state index in [1.165, 1.54) is 4.80 Å². The van der Waals surface area contributed by atoms with Gasteiger partial charge in [-0.3, -0.25) is 4.79 Å². The van der Waals surface area contributed by atoms with Gasteiger partial charge in [0.25, 0.3) is 0 Å². The number of benzene rings is 1. The van der Waals surface area contributed by atoms with Gasteiger partial charge in [0.05, 0.1) is 19.4 Å². The van der Waals surface area contributed by atoms with Gasteiger partial charge < -0.3 is 5.11 Å². The molecule has 0 saturated carbocycles. The molecule has 1 atom stereocenters. The summed E-state index contributed by atoms with van der Waals surface area (Å²) in [6.07, 6.45) is -0.0622. The molecule has 0 aliphatic rings. The van der Waals surface area contributed by atoms with Crippen LogP contribution >= 0.6 is 15.9 Å². The fourth-order valence-corrected chi connectivity index (χ4v) is 1.93. The molecule has 94 valence electrons. The molecule has 0 spiro atoms. The van der Waals surface area contributed by atoms with Gasteiger partial charge in [-0.25, -0.2) is 0 Å². The van der Waals surface area contributed by atoms with Crippen molar-refractivity contribution >= 4 is 21.9 Å². The first-order valence-corrected chi connectivity index (χ1v) is 6.06. The largest absolute Gasteiger partial charge is 0.481 e. The molecule has 0 saturated heterocycles. The van der Waals surface area contributed by atoms with Crippen molar-refractivity contribution in [1.82, 2.24) is 20.2 Å². The predicted molar refractivity (Wildman–Crippen MR) is 67.0 cm³/mol. The first-order valence-electron chi connectivity index (χ1n) is 5.27. The van der Waals surface area contributed by atoms with E-state index in [1.54, 1.807) is 7.05 Å². The van der Waals surface area contributed by atoms with E-state index in [-0.39, 0.29) is 12.3 Å². The van der Waals surface area contributed by atoms with Crippen LogP contribution < -0.4 is 0 Å². The van der Waals surface area contributed by atoms with Crippen LogP contribution in [0.1, 0.15) is 23.7 Å². The third kappa shape index (κ3) is 2.92. The molecular weight excluding hydrogens is 300 g/mol. The molecule has 2 aromatic rings. The number of carbonyl (C=O) groups is 1. The number of nitrogens with zero attached hydrogens (tertiary/aromatic N) is 4. The number of carboxylic acid groups (broad SMARTS) is 1. The molecule has 1 aromatic carbocycles. The van der Waals surface area contributed by atoms with Gasteiger partial charge in [0.1, 0.15) is 0 Å². The van der Waals surface area contributed by atoms with Crippen LogP contribution in [-0.2, 0) is 11.8 Å². The highest BCUT2D eigenvalue weighted by atomic mass is 79.9. The molecule has 0 amide bonds. The number of carboxylic acids is 1. The van der Waals surface area contributed by atoms with Gasteiger partial charge in [0, 0.05) is 4.47 Å². The van der Waals surface area contributed by atoms with Gasteiger partial charge in [0.15, 0.2) is 5.82 Å². The molecule has 7 heteroatoms. The summed E-state index contributed by atoms with van der Waals surface area (Å²) in [4.78, 5) is 12.3. The average molecular weight is 311 g/mol. The summed E-state index contributed by atoms with van der Waals surface area (Å²) in [6, 6.07) is 7.43. The quantitative estimate of drug-likeness (QED) is 0.927. The minimum absolute atomic E-state index is 0.0622. The summed E-state index contributed by atoms with van der Waals surface area (Å²) in [5, 5.41) is 20.7. The van der Waals surface area contributed by atoms with E-state index in [4.69, 9.17) is 5.11 Å². The van der Waals surface area contributed by atoms with Crippen LogP contribution in [0.5, 0.6) is 0 Å². The number of hydrogen-bond acceptors (Lipinski definition) is 4. The highest BCUT2D eigenvalue weighted by molar-refractivity contribution is 9.10. The number of halogens is 1. The molecule has 1 heterocycles. The Balaban J connectivity index is 2.36. The van der Waals surface area contributed by atoms with Gasteiger partial charge >= 0.3 is 5.97 Å². The molecule has 0 fully saturated rings. The van der Waals surface area contributed by atoms with Crippen molar-refractivity contribution in [2.24, 2.45) is 7.05 Å². The zero-order valence-electron chi connectivity index (χ0n) is 9.62. The summed E-state index contributed by atoms with van der Waals surface area (Å²) in [5.74, 6) is -0.859. The summed E-state index contributed by atoms with van der Waals surface area (Å²) in [6.45, 7) is 0. The normalized spacial score (nSPS) is 12.3. The predicted octanol–water partition coefficient (Wildman–Crippen LogP) is 1.58. The van der Waals surface area contributed by atoms with E-state index in [1.807, 2.05) is 24.3 Å². The van der Waals surface area contributed by atoms with Crippen molar-refractivity contribution in [1.29, 1.82) is 0 Å². The molecule has 1 unspecified atom stereocenters. The molecule has 0 bridgehead atoms. The van der Waals surface area contributed by atoms with E-state index in [2.05, 4.69) is 31.3 Å². The molecule has 1 N–H and O–H groups in total. The van der Waals surface area contributed by atoms with Crippen molar-refractivity contribution in [2.75, 3.05) is 0 Å². The number of aryl methyl sites for hydroxylation is 1. The summed E-state index contributed by atoms with van der Waals surface area (Å²) < 4.78 is 0.937. The first-order chi connectivity index (χ1) is 8.56.